The van der Waals surface area contributed by atoms with E-state index in [9.17, 15) is 4.79 Å². The van der Waals surface area contributed by atoms with E-state index < -0.39 is 6.10 Å². The smallest absolute Gasteiger partial charge is 0.265 e. The van der Waals surface area contributed by atoms with Crippen LogP contribution in [0, 0.1) is 13.8 Å². The highest BCUT2D eigenvalue weighted by atomic mass is 16.5. The van der Waals surface area contributed by atoms with E-state index in [2.05, 4.69) is 10.3 Å². The molecule has 1 N–H and O–H groups in total. The van der Waals surface area contributed by atoms with Crippen LogP contribution in [-0.2, 0) is 4.79 Å². The Morgan fingerprint density at radius 2 is 1.88 bits per heavy atom. The van der Waals surface area contributed by atoms with Gasteiger partial charge in [0.15, 0.2) is 6.10 Å². The van der Waals surface area contributed by atoms with Crippen LogP contribution in [0.5, 0.6) is 5.75 Å². The number of amides is 1. The number of hydrogen-bond acceptors (Lipinski definition) is 4. The Morgan fingerprint density at radius 1 is 1.12 bits per heavy atom. The quantitative estimate of drug-likeness (QED) is 0.751. The number of nitrogens with zero attached hydrogens (tertiary/aromatic N) is 1. The number of aromatic nitrogens is 1. The molecule has 0 saturated heterocycles. The van der Waals surface area contributed by atoms with E-state index >= 15 is 0 Å². The molecular formula is C20H20N2O3. The van der Waals surface area contributed by atoms with Gasteiger partial charge >= 0.3 is 0 Å². The van der Waals surface area contributed by atoms with Crippen molar-refractivity contribution < 1.29 is 13.9 Å². The molecule has 0 aliphatic carbocycles. The molecule has 25 heavy (non-hydrogen) atoms. The monoisotopic (exact) mass is 336 g/mol. The van der Waals surface area contributed by atoms with Crippen molar-refractivity contribution in [1.29, 1.82) is 0 Å². The Morgan fingerprint density at radius 3 is 2.56 bits per heavy atom. The van der Waals surface area contributed by atoms with Gasteiger partial charge in [-0.3, -0.25) is 4.79 Å². The predicted molar refractivity (Wildman–Crippen MR) is 96.6 cm³/mol. The standard InChI is InChI=1S/C20H20N2O3/c1-13-14(2)25-20(21-13)16-8-7-9-17(12-16)22-19(23)15(3)24-18-10-5-4-6-11-18/h4-12,15H,1-3H3,(H,22,23). The second kappa shape index (κ2) is 7.21. The molecule has 128 valence electrons. The molecule has 0 bridgehead atoms. The molecule has 0 aliphatic rings. The largest absolute Gasteiger partial charge is 0.481 e. The number of nitrogens with one attached hydrogen (secondary N) is 1. The second-order valence-corrected chi connectivity index (χ2v) is 5.80. The number of carbonyl (C=O) groups excluding carboxylic acids is 1. The van der Waals surface area contributed by atoms with Crippen molar-refractivity contribution in [2.45, 2.75) is 26.9 Å². The maximum Gasteiger partial charge on any atom is 0.265 e. The molecule has 0 radical (unpaired) electrons. The molecule has 0 saturated carbocycles. The summed E-state index contributed by atoms with van der Waals surface area (Å²) in [5.74, 6) is 1.76. The van der Waals surface area contributed by atoms with E-state index in [4.69, 9.17) is 9.15 Å². The second-order valence-electron chi connectivity index (χ2n) is 5.80. The van der Waals surface area contributed by atoms with Gasteiger partial charge < -0.3 is 14.5 Å². The SMILES string of the molecule is Cc1nc(-c2cccc(NC(=O)C(C)Oc3ccccc3)c2)oc1C. The molecule has 0 spiro atoms. The fourth-order valence-corrected chi connectivity index (χ4v) is 2.33. The molecule has 1 heterocycles. The molecule has 1 atom stereocenters. The normalized spacial score (nSPS) is 11.8. The van der Waals surface area contributed by atoms with Crippen molar-refractivity contribution >= 4 is 11.6 Å². The molecule has 0 fully saturated rings. The summed E-state index contributed by atoms with van der Waals surface area (Å²) < 4.78 is 11.3. The van der Waals surface area contributed by atoms with Gasteiger partial charge in [0.05, 0.1) is 5.69 Å². The van der Waals surface area contributed by atoms with E-state index in [0.717, 1.165) is 17.0 Å². The van der Waals surface area contributed by atoms with Crippen LogP contribution < -0.4 is 10.1 Å². The third kappa shape index (κ3) is 4.07. The van der Waals surface area contributed by atoms with Crippen LogP contribution in [0.1, 0.15) is 18.4 Å². The molecule has 5 heteroatoms. The lowest BCUT2D eigenvalue weighted by atomic mass is 10.2. The number of carbonyl (C=O) groups is 1. The zero-order valence-electron chi connectivity index (χ0n) is 14.4. The lowest BCUT2D eigenvalue weighted by molar-refractivity contribution is -0.122. The Kier molecular flexibility index (Phi) is 4.84. The summed E-state index contributed by atoms with van der Waals surface area (Å²) in [7, 11) is 0. The maximum absolute atomic E-state index is 12.3. The van der Waals surface area contributed by atoms with E-state index in [1.807, 2.05) is 68.4 Å². The topological polar surface area (TPSA) is 64.4 Å². The molecular weight excluding hydrogens is 316 g/mol. The van der Waals surface area contributed by atoms with E-state index in [0.29, 0.717) is 17.3 Å². The summed E-state index contributed by atoms with van der Waals surface area (Å²) >= 11 is 0. The van der Waals surface area contributed by atoms with E-state index in [1.165, 1.54) is 0 Å². The number of ether oxygens (including phenoxy) is 1. The Hall–Kier alpha value is -3.08. The summed E-state index contributed by atoms with van der Waals surface area (Å²) in [6.45, 7) is 5.49. The van der Waals surface area contributed by atoms with Gasteiger partial charge in [0.2, 0.25) is 5.89 Å². The van der Waals surface area contributed by atoms with Crippen molar-refractivity contribution in [3.8, 4) is 17.2 Å². The van der Waals surface area contributed by atoms with Gasteiger partial charge in [-0.25, -0.2) is 4.98 Å². The summed E-state index contributed by atoms with van der Waals surface area (Å²) in [6, 6.07) is 16.7. The molecule has 1 aromatic heterocycles. The van der Waals surface area contributed by atoms with Crippen LogP contribution in [0.15, 0.2) is 59.0 Å². The van der Waals surface area contributed by atoms with E-state index in [-0.39, 0.29) is 5.91 Å². The van der Waals surface area contributed by atoms with Crippen molar-refractivity contribution in [1.82, 2.24) is 4.98 Å². The molecule has 1 unspecified atom stereocenters. The highest BCUT2D eigenvalue weighted by Gasteiger charge is 2.15. The first-order chi connectivity index (χ1) is 12.0. The van der Waals surface area contributed by atoms with Gasteiger partial charge in [0.25, 0.3) is 5.91 Å². The Labute approximate surface area is 146 Å². The maximum atomic E-state index is 12.3. The number of aryl methyl sites for hydroxylation is 2. The van der Waals surface area contributed by atoms with Crippen molar-refractivity contribution in [2.24, 2.45) is 0 Å². The molecule has 5 nitrogen and oxygen atoms in total. The summed E-state index contributed by atoms with van der Waals surface area (Å²) in [5, 5.41) is 2.86. The Balaban J connectivity index is 1.70. The zero-order chi connectivity index (χ0) is 17.8. The number of benzene rings is 2. The number of oxazole rings is 1. The average Bonchev–Trinajstić information content (AvgIpc) is 2.95. The first kappa shape index (κ1) is 16.8. The van der Waals surface area contributed by atoms with Gasteiger partial charge in [0.1, 0.15) is 11.5 Å². The lowest BCUT2D eigenvalue weighted by Gasteiger charge is -2.14. The molecule has 3 rings (SSSR count). The van der Waals surface area contributed by atoms with Crippen LogP contribution in [0.4, 0.5) is 5.69 Å². The van der Waals surface area contributed by atoms with Crippen molar-refractivity contribution in [3.05, 3.63) is 66.1 Å². The molecule has 1 amide bonds. The van der Waals surface area contributed by atoms with Gasteiger partial charge in [0, 0.05) is 11.3 Å². The third-order valence-electron chi connectivity index (χ3n) is 3.83. The zero-order valence-corrected chi connectivity index (χ0v) is 14.4. The first-order valence-electron chi connectivity index (χ1n) is 8.10. The van der Waals surface area contributed by atoms with Crippen LogP contribution in [0.25, 0.3) is 11.5 Å². The number of para-hydroxylation sites is 1. The summed E-state index contributed by atoms with van der Waals surface area (Å²) in [5.41, 5.74) is 2.33. The fraction of sp³-hybridized carbons (Fsp3) is 0.200. The number of hydrogen-bond donors (Lipinski definition) is 1. The van der Waals surface area contributed by atoms with Crippen molar-refractivity contribution in [2.75, 3.05) is 5.32 Å². The molecule has 0 aliphatic heterocycles. The minimum atomic E-state index is -0.614. The van der Waals surface area contributed by atoms with E-state index in [1.54, 1.807) is 6.92 Å². The van der Waals surface area contributed by atoms with Gasteiger partial charge in [-0.1, -0.05) is 24.3 Å². The Bertz CT molecular complexity index is 852. The van der Waals surface area contributed by atoms with Gasteiger partial charge in [-0.15, -0.1) is 0 Å². The van der Waals surface area contributed by atoms with Crippen LogP contribution in [-0.4, -0.2) is 17.0 Å². The number of anilines is 1. The lowest BCUT2D eigenvalue weighted by Crippen LogP contribution is -2.30. The van der Waals surface area contributed by atoms with Crippen molar-refractivity contribution in [3.63, 3.8) is 0 Å². The number of rotatable bonds is 5. The van der Waals surface area contributed by atoms with Crippen LogP contribution >= 0.6 is 0 Å². The molecule has 2 aromatic carbocycles. The van der Waals surface area contributed by atoms with Gasteiger partial charge in [-0.2, -0.15) is 0 Å². The average molecular weight is 336 g/mol. The minimum absolute atomic E-state index is 0.222. The highest BCUT2D eigenvalue weighted by molar-refractivity contribution is 5.94. The van der Waals surface area contributed by atoms with Crippen LogP contribution in [0.2, 0.25) is 0 Å². The third-order valence-corrected chi connectivity index (χ3v) is 3.83. The van der Waals surface area contributed by atoms with Gasteiger partial charge in [-0.05, 0) is 51.1 Å². The van der Waals surface area contributed by atoms with Crippen LogP contribution in [0.3, 0.4) is 0 Å². The molecule has 3 aromatic rings. The predicted octanol–water partition coefficient (Wildman–Crippen LogP) is 4.36. The first-order valence-corrected chi connectivity index (χ1v) is 8.10. The summed E-state index contributed by atoms with van der Waals surface area (Å²) in [4.78, 5) is 16.7. The fourth-order valence-electron chi connectivity index (χ4n) is 2.33. The summed E-state index contributed by atoms with van der Waals surface area (Å²) in [6.07, 6.45) is -0.614. The minimum Gasteiger partial charge on any atom is -0.481 e. The highest BCUT2D eigenvalue weighted by Crippen LogP contribution is 2.24.